The van der Waals surface area contributed by atoms with Gasteiger partial charge in [0, 0.05) is 13.0 Å². The second-order valence-electron chi connectivity index (χ2n) is 4.74. The topological polar surface area (TPSA) is 78.4 Å². The van der Waals surface area contributed by atoms with Gasteiger partial charge in [0.15, 0.2) is 0 Å². The van der Waals surface area contributed by atoms with Crippen molar-refractivity contribution in [3.63, 3.8) is 0 Å². The lowest BCUT2D eigenvalue weighted by molar-refractivity contribution is -0.125. The first-order valence-corrected chi connectivity index (χ1v) is 5.90. The zero-order valence-electron chi connectivity index (χ0n) is 9.24. The molecule has 1 saturated heterocycles. The van der Waals surface area contributed by atoms with E-state index in [-0.39, 0.29) is 24.0 Å². The van der Waals surface area contributed by atoms with Gasteiger partial charge >= 0.3 is 0 Å². The highest BCUT2D eigenvalue weighted by Crippen LogP contribution is 2.24. The summed E-state index contributed by atoms with van der Waals surface area (Å²) in [6.45, 7) is 0.613. The smallest absolute Gasteiger partial charge is 0.242 e. The molecule has 3 N–H and O–H groups in total. The molecular weight excluding hydrogens is 208 g/mol. The van der Waals surface area contributed by atoms with Gasteiger partial charge in [0.1, 0.15) is 6.04 Å². The van der Waals surface area contributed by atoms with E-state index in [4.69, 9.17) is 0 Å². The highest BCUT2D eigenvalue weighted by molar-refractivity contribution is 5.90. The Kier molecular flexibility index (Phi) is 3.43. The van der Waals surface area contributed by atoms with Crippen LogP contribution in [0.15, 0.2) is 0 Å². The van der Waals surface area contributed by atoms with E-state index in [2.05, 4.69) is 10.6 Å². The lowest BCUT2D eigenvalue weighted by Gasteiger charge is -2.14. The van der Waals surface area contributed by atoms with Gasteiger partial charge in [0.05, 0.1) is 6.10 Å². The van der Waals surface area contributed by atoms with Gasteiger partial charge in [-0.1, -0.05) is 0 Å². The Balaban J connectivity index is 1.69. The lowest BCUT2D eigenvalue weighted by atomic mass is 10.1. The summed E-state index contributed by atoms with van der Waals surface area (Å²) in [5, 5.41) is 14.8. The fourth-order valence-corrected chi connectivity index (χ4v) is 2.41. The van der Waals surface area contributed by atoms with Crippen LogP contribution in [0.2, 0.25) is 0 Å². The molecule has 0 aromatic heterocycles. The van der Waals surface area contributed by atoms with Gasteiger partial charge < -0.3 is 15.7 Å². The van der Waals surface area contributed by atoms with E-state index in [1.165, 1.54) is 0 Å². The van der Waals surface area contributed by atoms with Crippen molar-refractivity contribution in [1.82, 2.24) is 10.6 Å². The molecular formula is C11H18N2O3. The first kappa shape index (κ1) is 11.4. The summed E-state index contributed by atoms with van der Waals surface area (Å²) in [7, 11) is 0. The molecule has 5 heteroatoms. The van der Waals surface area contributed by atoms with Crippen LogP contribution < -0.4 is 10.6 Å². The first-order valence-electron chi connectivity index (χ1n) is 5.90. The minimum Gasteiger partial charge on any atom is -0.393 e. The Morgan fingerprint density at radius 3 is 2.81 bits per heavy atom. The monoisotopic (exact) mass is 226 g/mol. The van der Waals surface area contributed by atoms with E-state index in [1.54, 1.807) is 0 Å². The molecule has 0 aromatic rings. The Bertz CT molecular complexity index is 293. The molecule has 2 amide bonds. The minimum absolute atomic E-state index is 0.0450. The molecule has 90 valence electrons. The van der Waals surface area contributed by atoms with Crippen LogP contribution in [0.1, 0.15) is 32.1 Å². The summed E-state index contributed by atoms with van der Waals surface area (Å²) in [6.07, 6.45) is 3.42. The molecule has 0 aromatic carbocycles. The normalized spacial score (nSPS) is 33.8. The van der Waals surface area contributed by atoms with Crippen LogP contribution in [-0.4, -0.2) is 35.6 Å². The molecule has 16 heavy (non-hydrogen) atoms. The predicted molar refractivity (Wildman–Crippen MR) is 57.5 cm³/mol. The molecule has 2 fully saturated rings. The van der Waals surface area contributed by atoms with Gasteiger partial charge in [0.2, 0.25) is 11.8 Å². The summed E-state index contributed by atoms with van der Waals surface area (Å²) in [4.78, 5) is 22.6. The SMILES string of the molecule is O=C1CC[C@H](C(=O)NCC2CCC(O)C2)N1. The standard InChI is InChI=1S/C11H18N2O3/c14-8-2-1-7(5-8)6-12-11(16)9-3-4-10(15)13-9/h7-9,14H,1-6H2,(H,12,16)(H,13,15)/t7?,8?,9-/m1/s1. The molecule has 0 radical (unpaired) electrons. The van der Waals surface area contributed by atoms with Crippen LogP contribution in [0.3, 0.4) is 0 Å². The third-order valence-corrected chi connectivity index (χ3v) is 3.39. The molecule has 1 saturated carbocycles. The maximum atomic E-state index is 11.6. The Labute approximate surface area is 94.6 Å². The van der Waals surface area contributed by atoms with Crippen molar-refractivity contribution in [2.45, 2.75) is 44.2 Å². The maximum Gasteiger partial charge on any atom is 0.242 e. The lowest BCUT2D eigenvalue weighted by Crippen LogP contribution is -2.43. The average Bonchev–Trinajstić information content (AvgIpc) is 2.84. The second-order valence-corrected chi connectivity index (χ2v) is 4.74. The van der Waals surface area contributed by atoms with Crippen LogP contribution in [-0.2, 0) is 9.59 Å². The number of hydrogen-bond donors (Lipinski definition) is 3. The molecule has 2 unspecified atom stereocenters. The Morgan fingerprint density at radius 1 is 1.44 bits per heavy atom. The van der Waals surface area contributed by atoms with E-state index in [9.17, 15) is 14.7 Å². The molecule has 1 heterocycles. The highest BCUT2D eigenvalue weighted by Gasteiger charge is 2.28. The van der Waals surface area contributed by atoms with Crippen molar-refractivity contribution in [2.24, 2.45) is 5.92 Å². The largest absolute Gasteiger partial charge is 0.393 e. The van der Waals surface area contributed by atoms with Crippen LogP contribution in [0, 0.1) is 5.92 Å². The highest BCUT2D eigenvalue weighted by atomic mass is 16.3. The van der Waals surface area contributed by atoms with Crippen molar-refractivity contribution in [2.75, 3.05) is 6.54 Å². The summed E-state index contributed by atoms with van der Waals surface area (Å²) in [5.74, 6) is 0.250. The average molecular weight is 226 g/mol. The van der Waals surface area contributed by atoms with E-state index < -0.39 is 0 Å². The van der Waals surface area contributed by atoms with Gasteiger partial charge in [-0.3, -0.25) is 9.59 Å². The Morgan fingerprint density at radius 2 is 2.25 bits per heavy atom. The summed E-state index contributed by atoms with van der Waals surface area (Å²) in [5.41, 5.74) is 0. The Hall–Kier alpha value is -1.10. The van der Waals surface area contributed by atoms with Gasteiger partial charge in [-0.2, -0.15) is 0 Å². The van der Waals surface area contributed by atoms with Crippen molar-refractivity contribution in [3.8, 4) is 0 Å². The number of carbonyl (C=O) groups is 2. The molecule has 1 aliphatic heterocycles. The summed E-state index contributed by atoms with van der Waals surface area (Å²) < 4.78 is 0. The number of aliphatic hydroxyl groups excluding tert-OH is 1. The zero-order chi connectivity index (χ0) is 11.5. The van der Waals surface area contributed by atoms with E-state index >= 15 is 0 Å². The van der Waals surface area contributed by atoms with E-state index in [0.717, 1.165) is 19.3 Å². The number of nitrogens with one attached hydrogen (secondary N) is 2. The van der Waals surface area contributed by atoms with Crippen LogP contribution in [0.4, 0.5) is 0 Å². The first-order chi connectivity index (χ1) is 7.65. The quantitative estimate of drug-likeness (QED) is 0.609. The molecule has 0 spiro atoms. The molecule has 2 aliphatic rings. The third-order valence-electron chi connectivity index (χ3n) is 3.39. The van der Waals surface area contributed by atoms with Gasteiger partial charge in [-0.15, -0.1) is 0 Å². The third kappa shape index (κ3) is 2.72. The molecule has 0 bridgehead atoms. The minimum atomic E-state index is -0.348. The number of rotatable bonds is 3. The van der Waals surface area contributed by atoms with E-state index in [1.807, 2.05) is 0 Å². The van der Waals surface area contributed by atoms with Gasteiger partial charge in [0.25, 0.3) is 0 Å². The van der Waals surface area contributed by atoms with Gasteiger partial charge in [-0.25, -0.2) is 0 Å². The molecule has 3 atom stereocenters. The molecule has 1 aliphatic carbocycles. The molecule has 2 rings (SSSR count). The predicted octanol–water partition coefficient (Wildman–Crippen LogP) is -0.458. The van der Waals surface area contributed by atoms with Gasteiger partial charge in [-0.05, 0) is 31.6 Å². The maximum absolute atomic E-state index is 11.6. The van der Waals surface area contributed by atoms with Crippen molar-refractivity contribution < 1.29 is 14.7 Å². The zero-order valence-corrected chi connectivity index (χ0v) is 9.24. The van der Waals surface area contributed by atoms with Crippen LogP contribution in [0.25, 0.3) is 0 Å². The van der Waals surface area contributed by atoms with Crippen molar-refractivity contribution in [1.29, 1.82) is 0 Å². The van der Waals surface area contributed by atoms with Crippen molar-refractivity contribution in [3.05, 3.63) is 0 Å². The van der Waals surface area contributed by atoms with Crippen LogP contribution in [0.5, 0.6) is 0 Å². The number of amides is 2. The fraction of sp³-hybridized carbons (Fsp3) is 0.818. The number of carbonyl (C=O) groups excluding carboxylic acids is 2. The summed E-state index contributed by atoms with van der Waals surface area (Å²) in [6, 6.07) is -0.348. The summed E-state index contributed by atoms with van der Waals surface area (Å²) >= 11 is 0. The molecule has 5 nitrogen and oxygen atoms in total. The number of aliphatic hydroxyl groups is 1. The fourth-order valence-electron chi connectivity index (χ4n) is 2.41. The van der Waals surface area contributed by atoms with E-state index in [0.29, 0.717) is 25.3 Å². The second kappa shape index (κ2) is 4.82. The van der Waals surface area contributed by atoms with Crippen molar-refractivity contribution >= 4 is 11.8 Å². The number of hydrogen-bond acceptors (Lipinski definition) is 3. The van der Waals surface area contributed by atoms with Crippen LogP contribution >= 0.6 is 0 Å².